The molecule has 1 aliphatic heterocycles. The second-order valence-electron chi connectivity index (χ2n) is 12.2. The van der Waals surface area contributed by atoms with Crippen molar-refractivity contribution in [1.29, 1.82) is 0 Å². The van der Waals surface area contributed by atoms with Gasteiger partial charge in [-0.15, -0.1) is 0 Å². The van der Waals surface area contributed by atoms with Crippen molar-refractivity contribution in [2.45, 2.75) is 99.6 Å². The first-order valence-electron chi connectivity index (χ1n) is 9.74. The van der Waals surface area contributed by atoms with Gasteiger partial charge in [0.1, 0.15) is 0 Å². The minimum Gasteiger partial charge on any atom is -0.289 e. The van der Waals surface area contributed by atoms with Gasteiger partial charge in [-0.25, -0.2) is 0 Å². The quantitative estimate of drug-likeness (QED) is 0.454. The van der Waals surface area contributed by atoms with Gasteiger partial charge in [-0.3, -0.25) is 9.59 Å². The molecule has 1 aromatic rings. The molecule has 2 heterocycles. The number of hydrogen-bond donors (Lipinski definition) is 0. The Labute approximate surface area is 162 Å². The molecule has 1 aromatic heterocycles. The predicted octanol–water partition coefficient (Wildman–Crippen LogP) is 7.52. The maximum atomic E-state index is 13.8. The van der Waals surface area contributed by atoms with Crippen molar-refractivity contribution >= 4 is 19.9 Å². The molecule has 0 saturated carbocycles. The SMILES string of the molecule is CC(C)(C)c1c(C(C)(C)C)p2p(c1=O)C(C(C)(C)C)C(C(C)(C)C)C2=O. The van der Waals surface area contributed by atoms with E-state index < -0.39 is 14.4 Å². The highest BCUT2D eigenvalue weighted by Gasteiger charge is 2.54. The highest BCUT2D eigenvalue weighted by Crippen LogP contribution is 2.76. The van der Waals surface area contributed by atoms with Crippen molar-refractivity contribution in [3.63, 3.8) is 0 Å². The van der Waals surface area contributed by atoms with Crippen LogP contribution in [0.5, 0.6) is 0 Å². The van der Waals surface area contributed by atoms with Crippen molar-refractivity contribution in [1.82, 2.24) is 0 Å². The number of hydrogen-bond acceptors (Lipinski definition) is 2. The van der Waals surface area contributed by atoms with Crippen LogP contribution in [0.1, 0.15) is 104 Å². The molecule has 0 spiro atoms. The summed E-state index contributed by atoms with van der Waals surface area (Å²) >= 11 is 0. The van der Waals surface area contributed by atoms with Crippen LogP contribution in [0.25, 0.3) is 0 Å². The molecule has 0 amide bonds. The molecule has 2 nitrogen and oxygen atoms in total. The van der Waals surface area contributed by atoms with Gasteiger partial charge in [-0.2, -0.15) is 0 Å². The van der Waals surface area contributed by atoms with Gasteiger partial charge in [-0.05, 0) is 41.4 Å². The molecule has 4 atom stereocenters. The average molecular weight is 396 g/mol. The van der Waals surface area contributed by atoms with Gasteiger partial charge >= 0.3 is 0 Å². The van der Waals surface area contributed by atoms with Crippen LogP contribution in [-0.4, -0.2) is 5.52 Å². The first kappa shape index (κ1) is 22.0. The van der Waals surface area contributed by atoms with Gasteiger partial charge in [-0.1, -0.05) is 83.1 Å². The Hall–Kier alpha value is -0.320. The van der Waals surface area contributed by atoms with Crippen LogP contribution in [0, 0.1) is 16.7 Å². The summed E-state index contributed by atoms with van der Waals surface area (Å²) < 4.78 is 0. The smallest absolute Gasteiger partial charge is 0.204 e. The molecule has 26 heavy (non-hydrogen) atoms. The molecule has 148 valence electrons. The minimum atomic E-state index is -1.000. The topological polar surface area (TPSA) is 34.1 Å². The van der Waals surface area contributed by atoms with E-state index in [0.717, 1.165) is 5.56 Å². The van der Waals surface area contributed by atoms with Crippen molar-refractivity contribution in [3.8, 4) is 0 Å². The predicted molar refractivity (Wildman–Crippen MR) is 118 cm³/mol. The third-order valence-corrected chi connectivity index (χ3v) is 13.9. The van der Waals surface area contributed by atoms with Crippen molar-refractivity contribution in [3.05, 3.63) is 20.8 Å². The highest BCUT2D eigenvalue weighted by molar-refractivity contribution is 8.17. The summed E-state index contributed by atoms with van der Waals surface area (Å²) in [7, 11) is -1.95. The molecule has 0 radical (unpaired) electrons. The molecular weight excluding hydrogens is 358 g/mol. The van der Waals surface area contributed by atoms with Crippen molar-refractivity contribution < 1.29 is 4.79 Å². The van der Waals surface area contributed by atoms with E-state index in [4.69, 9.17) is 0 Å². The molecule has 4 heteroatoms. The van der Waals surface area contributed by atoms with E-state index in [2.05, 4.69) is 83.1 Å². The van der Waals surface area contributed by atoms with Crippen LogP contribution in [0.2, 0.25) is 0 Å². The van der Waals surface area contributed by atoms with E-state index in [9.17, 15) is 9.59 Å². The van der Waals surface area contributed by atoms with Crippen LogP contribution in [0.4, 0.5) is 0 Å². The van der Waals surface area contributed by atoms with E-state index in [1.807, 2.05) is 0 Å². The van der Waals surface area contributed by atoms with Crippen LogP contribution in [0.3, 0.4) is 0 Å². The minimum absolute atomic E-state index is 0.0115. The van der Waals surface area contributed by atoms with Crippen LogP contribution >= 0.6 is 14.4 Å². The van der Waals surface area contributed by atoms with Gasteiger partial charge in [0.25, 0.3) is 0 Å². The summed E-state index contributed by atoms with van der Waals surface area (Å²) in [5, 5.41) is 1.55. The summed E-state index contributed by atoms with van der Waals surface area (Å²) in [6.45, 7) is 26.2. The van der Waals surface area contributed by atoms with Crippen LogP contribution in [0.15, 0.2) is 4.79 Å². The lowest BCUT2D eigenvalue weighted by molar-refractivity contribution is 0.0794. The number of carbonyl (C=O) groups is 1. The number of fused-ring (bicyclic) bond motifs is 1. The van der Waals surface area contributed by atoms with Crippen molar-refractivity contribution in [2.75, 3.05) is 0 Å². The fourth-order valence-electron chi connectivity index (χ4n) is 4.47. The summed E-state index contributed by atoms with van der Waals surface area (Å²) in [5.41, 5.74) is 1.09. The third-order valence-electron chi connectivity index (χ3n) is 5.42. The fourth-order valence-corrected chi connectivity index (χ4v) is 16.3. The van der Waals surface area contributed by atoms with E-state index in [0.29, 0.717) is 10.7 Å². The molecule has 0 fully saturated rings. The zero-order chi connectivity index (χ0) is 20.6. The molecule has 0 saturated heterocycles. The Morgan fingerprint density at radius 2 is 1.15 bits per heavy atom. The van der Waals surface area contributed by atoms with Gasteiger partial charge in [0.05, 0.1) is 0 Å². The lowest BCUT2D eigenvalue weighted by Gasteiger charge is -2.38. The Balaban J connectivity index is 3.01. The molecule has 2 rings (SSSR count). The first-order valence-corrected chi connectivity index (χ1v) is 13.2. The summed E-state index contributed by atoms with van der Waals surface area (Å²) in [6.07, 6.45) is 0. The van der Waals surface area contributed by atoms with Crippen LogP contribution < -0.4 is 5.16 Å². The Morgan fingerprint density at radius 3 is 1.46 bits per heavy atom. The molecule has 1 aliphatic rings. The molecule has 0 N–H and O–H groups in total. The summed E-state index contributed by atoms with van der Waals surface area (Å²) in [6, 6.07) is 0. The fraction of sp³-hybridized carbons (Fsp3) is 0.818. The Kier molecular flexibility index (Phi) is 5.14. The summed E-state index contributed by atoms with van der Waals surface area (Å²) in [5.74, 6) is -0.0115. The monoisotopic (exact) mass is 396 g/mol. The average Bonchev–Trinajstić information content (AvgIpc) is 2.80. The van der Waals surface area contributed by atoms with E-state index in [1.165, 1.54) is 5.30 Å². The van der Waals surface area contributed by atoms with Gasteiger partial charge in [0.15, 0.2) is 5.52 Å². The first-order chi connectivity index (χ1) is 11.3. The number of carbonyl (C=O) groups excluding carboxylic acids is 1. The Bertz CT molecular complexity index is 781. The van der Waals surface area contributed by atoms with E-state index >= 15 is 0 Å². The van der Waals surface area contributed by atoms with Crippen LogP contribution in [-0.2, 0) is 10.8 Å². The zero-order valence-electron chi connectivity index (χ0n) is 18.9. The van der Waals surface area contributed by atoms with Gasteiger partial charge < -0.3 is 0 Å². The lowest BCUT2D eigenvalue weighted by Crippen LogP contribution is -2.35. The number of rotatable bonds is 0. The van der Waals surface area contributed by atoms with Gasteiger partial charge in [0.2, 0.25) is 5.16 Å². The van der Waals surface area contributed by atoms with E-state index in [-0.39, 0.29) is 33.2 Å². The van der Waals surface area contributed by atoms with Gasteiger partial charge in [0, 0.05) is 17.1 Å². The lowest BCUT2D eigenvalue weighted by atomic mass is 9.72. The summed E-state index contributed by atoms with van der Waals surface area (Å²) in [4.78, 5) is 27.6. The maximum Gasteiger partial charge on any atom is 0.204 e. The largest absolute Gasteiger partial charge is 0.289 e. The zero-order valence-corrected chi connectivity index (χ0v) is 20.7. The highest BCUT2D eigenvalue weighted by atomic mass is 31.9. The third kappa shape index (κ3) is 3.42. The maximum absolute atomic E-state index is 13.8. The molecule has 4 unspecified atom stereocenters. The molecule has 0 aromatic carbocycles. The molecule has 0 aliphatic carbocycles. The second kappa shape index (κ2) is 6.09. The van der Waals surface area contributed by atoms with E-state index in [1.54, 1.807) is 0 Å². The molecular formula is C22H38O2P2. The second-order valence-corrected chi connectivity index (χ2v) is 17.8. The molecule has 0 bridgehead atoms. The standard InChI is InChI=1S/C22H38O2P2/c1-19(2,3)13-15(21(7,8)9)25-18(24)14(20(4,5)6)16(22(10,11)12)26(25)17(13)23/h13,15H,1-12H3. The van der Waals surface area contributed by atoms with Crippen molar-refractivity contribution in [2.24, 2.45) is 16.7 Å². The normalized spacial score (nSPS) is 23.5. The Morgan fingerprint density at radius 1 is 0.692 bits per heavy atom.